The van der Waals surface area contributed by atoms with Gasteiger partial charge in [0.05, 0.1) is 11.3 Å². The molecule has 1 amide bonds. The Hall–Kier alpha value is -2.66. The van der Waals surface area contributed by atoms with Gasteiger partial charge < -0.3 is 10.1 Å². The molecule has 0 radical (unpaired) electrons. The maximum Gasteiger partial charge on any atom is 0.387 e. The number of ether oxygens (including phenoxy) is 1. The van der Waals surface area contributed by atoms with Gasteiger partial charge in [-0.05, 0) is 49.7 Å². The molecular weight excluding hydrogens is 348 g/mol. The number of aromatic nitrogens is 1. The Morgan fingerprint density at radius 1 is 1.36 bits per heavy atom. The van der Waals surface area contributed by atoms with E-state index in [4.69, 9.17) is 0 Å². The van der Waals surface area contributed by atoms with Crippen LogP contribution in [0.3, 0.4) is 0 Å². The second-order valence-corrected chi connectivity index (χ2v) is 6.08. The molecule has 2 aromatic rings. The second kappa shape index (κ2) is 8.44. The molecule has 1 aromatic carbocycles. The average Bonchev–Trinajstić information content (AvgIpc) is 2.54. The quantitative estimate of drug-likeness (QED) is 0.788. The standard InChI is InChI=1S/C17H15F2N3O2S/c1-10-7-11(2)21-16(14(10)8-20)25-9-15(23)22-12-3-5-13(6-4-12)24-17(18)19/h3-7,17H,9H2,1-2H3,(H,22,23). The highest BCUT2D eigenvalue weighted by Gasteiger charge is 2.12. The van der Waals surface area contributed by atoms with Crippen molar-refractivity contribution in [1.82, 2.24) is 4.98 Å². The van der Waals surface area contributed by atoms with Crippen molar-refractivity contribution in [3.05, 3.63) is 47.2 Å². The fourth-order valence-corrected chi connectivity index (χ4v) is 2.99. The Balaban J connectivity index is 1.96. The van der Waals surface area contributed by atoms with Crippen molar-refractivity contribution in [3.8, 4) is 11.8 Å². The van der Waals surface area contributed by atoms with E-state index in [0.717, 1.165) is 11.3 Å². The topological polar surface area (TPSA) is 75.0 Å². The fourth-order valence-electron chi connectivity index (χ4n) is 2.09. The van der Waals surface area contributed by atoms with Gasteiger partial charge in [-0.25, -0.2) is 4.98 Å². The van der Waals surface area contributed by atoms with Crippen LogP contribution in [0.25, 0.3) is 0 Å². The predicted octanol–water partition coefficient (Wildman–Crippen LogP) is 3.90. The summed E-state index contributed by atoms with van der Waals surface area (Å²) in [5.41, 5.74) is 2.50. The summed E-state index contributed by atoms with van der Waals surface area (Å²) in [5, 5.41) is 12.4. The van der Waals surface area contributed by atoms with Gasteiger partial charge in [0, 0.05) is 11.4 Å². The molecule has 5 nitrogen and oxygen atoms in total. The van der Waals surface area contributed by atoms with E-state index in [1.165, 1.54) is 36.0 Å². The lowest BCUT2D eigenvalue weighted by Gasteiger charge is -2.09. The van der Waals surface area contributed by atoms with Crippen molar-refractivity contribution < 1.29 is 18.3 Å². The van der Waals surface area contributed by atoms with Crippen LogP contribution in [-0.4, -0.2) is 23.3 Å². The summed E-state index contributed by atoms with van der Waals surface area (Å²) in [4.78, 5) is 16.3. The highest BCUT2D eigenvalue weighted by Crippen LogP contribution is 2.24. The van der Waals surface area contributed by atoms with Crippen LogP contribution in [0.2, 0.25) is 0 Å². The van der Waals surface area contributed by atoms with Gasteiger partial charge >= 0.3 is 6.61 Å². The third-order valence-corrected chi connectivity index (χ3v) is 4.10. The first-order chi connectivity index (χ1) is 11.9. The van der Waals surface area contributed by atoms with Crippen molar-refractivity contribution in [1.29, 1.82) is 5.26 Å². The molecule has 0 aliphatic heterocycles. The molecule has 8 heteroatoms. The summed E-state index contributed by atoms with van der Waals surface area (Å²) in [5.74, 6) is -0.210. The van der Waals surface area contributed by atoms with E-state index in [9.17, 15) is 18.8 Å². The molecule has 0 bridgehead atoms. The number of benzene rings is 1. The lowest BCUT2D eigenvalue weighted by Crippen LogP contribution is -2.14. The third-order valence-electron chi connectivity index (χ3n) is 3.13. The van der Waals surface area contributed by atoms with Crippen LogP contribution < -0.4 is 10.1 Å². The summed E-state index contributed by atoms with van der Waals surface area (Å²) >= 11 is 1.17. The van der Waals surface area contributed by atoms with Crippen LogP contribution in [0.4, 0.5) is 14.5 Å². The number of nitrogens with one attached hydrogen (secondary N) is 1. The van der Waals surface area contributed by atoms with Gasteiger partial charge in [-0.1, -0.05) is 11.8 Å². The first-order valence-corrected chi connectivity index (χ1v) is 8.23. The van der Waals surface area contributed by atoms with Crippen LogP contribution in [0.1, 0.15) is 16.8 Å². The highest BCUT2D eigenvalue weighted by molar-refractivity contribution is 8.00. The summed E-state index contributed by atoms with van der Waals surface area (Å²) in [6.07, 6.45) is 0. The van der Waals surface area contributed by atoms with E-state index >= 15 is 0 Å². The minimum Gasteiger partial charge on any atom is -0.435 e. The summed E-state index contributed by atoms with van der Waals surface area (Å²) in [7, 11) is 0. The SMILES string of the molecule is Cc1cc(C)c(C#N)c(SCC(=O)Nc2ccc(OC(F)F)cc2)n1. The molecule has 0 aliphatic carbocycles. The number of alkyl halides is 2. The normalized spacial score (nSPS) is 10.4. The van der Waals surface area contributed by atoms with Gasteiger partial charge in [0.15, 0.2) is 0 Å². The molecular formula is C17H15F2N3O2S. The summed E-state index contributed by atoms with van der Waals surface area (Å²) in [6.45, 7) is 0.748. The molecule has 0 atom stereocenters. The Bertz CT molecular complexity index is 805. The van der Waals surface area contributed by atoms with E-state index in [1.807, 2.05) is 19.9 Å². The zero-order valence-corrected chi connectivity index (χ0v) is 14.4. The molecule has 0 aliphatic rings. The maximum absolute atomic E-state index is 12.1. The van der Waals surface area contributed by atoms with Crippen molar-refractivity contribution in [2.24, 2.45) is 0 Å². The number of pyridine rings is 1. The number of rotatable bonds is 6. The van der Waals surface area contributed by atoms with Gasteiger partial charge in [-0.15, -0.1) is 0 Å². The Labute approximate surface area is 148 Å². The number of halogens is 2. The van der Waals surface area contributed by atoms with Gasteiger partial charge in [-0.2, -0.15) is 14.0 Å². The smallest absolute Gasteiger partial charge is 0.387 e. The van der Waals surface area contributed by atoms with E-state index in [2.05, 4.69) is 21.1 Å². The Morgan fingerprint density at radius 2 is 2.04 bits per heavy atom. The van der Waals surface area contributed by atoms with Crippen molar-refractivity contribution in [3.63, 3.8) is 0 Å². The number of hydrogen-bond acceptors (Lipinski definition) is 5. The minimum atomic E-state index is -2.89. The molecule has 0 saturated heterocycles. The first-order valence-electron chi connectivity index (χ1n) is 7.25. The van der Waals surface area contributed by atoms with Crippen LogP contribution in [0, 0.1) is 25.2 Å². The average molecular weight is 363 g/mol. The van der Waals surface area contributed by atoms with E-state index < -0.39 is 6.61 Å². The molecule has 0 fully saturated rings. The first kappa shape index (κ1) is 18.7. The number of thioether (sulfide) groups is 1. The van der Waals surface area contributed by atoms with E-state index in [1.54, 1.807) is 0 Å². The number of nitriles is 1. The van der Waals surface area contributed by atoms with Crippen LogP contribution in [0.15, 0.2) is 35.4 Å². The zero-order chi connectivity index (χ0) is 18.4. The maximum atomic E-state index is 12.1. The van der Waals surface area contributed by atoms with Gasteiger partial charge in [-0.3, -0.25) is 4.79 Å². The van der Waals surface area contributed by atoms with Crippen molar-refractivity contribution in [2.45, 2.75) is 25.5 Å². The van der Waals surface area contributed by atoms with Gasteiger partial charge in [0.25, 0.3) is 0 Å². The molecule has 0 saturated carbocycles. The molecule has 0 unspecified atom stereocenters. The molecule has 25 heavy (non-hydrogen) atoms. The molecule has 1 N–H and O–H groups in total. The van der Waals surface area contributed by atoms with Crippen LogP contribution >= 0.6 is 11.8 Å². The predicted molar refractivity (Wildman–Crippen MR) is 90.9 cm³/mol. The molecule has 1 aromatic heterocycles. The largest absolute Gasteiger partial charge is 0.435 e. The third kappa shape index (κ3) is 5.43. The van der Waals surface area contributed by atoms with E-state index in [0.29, 0.717) is 16.3 Å². The highest BCUT2D eigenvalue weighted by atomic mass is 32.2. The molecule has 2 rings (SSSR count). The van der Waals surface area contributed by atoms with E-state index in [-0.39, 0.29) is 17.4 Å². The van der Waals surface area contributed by atoms with Crippen LogP contribution in [-0.2, 0) is 4.79 Å². The zero-order valence-electron chi connectivity index (χ0n) is 13.5. The lowest BCUT2D eigenvalue weighted by atomic mass is 10.1. The Kier molecular flexibility index (Phi) is 6.31. The van der Waals surface area contributed by atoms with Crippen LogP contribution in [0.5, 0.6) is 5.75 Å². The molecule has 0 spiro atoms. The fraction of sp³-hybridized carbons (Fsp3) is 0.235. The van der Waals surface area contributed by atoms with Gasteiger partial charge in [0.1, 0.15) is 16.8 Å². The summed E-state index contributed by atoms with van der Waals surface area (Å²) in [6, 6.07) is 9.53. The second-order valence-electron chi connectivity index (χ2n) is 5.11. The van der Waals surface area contributed by atoms with Gasteiger partial charge in [0.2, 0.25) is 5.91 Å². The monoisotopic (exact) mass is 363 g/mol. The number of hydrogen-bond donors (Lipinski definition) is 1. The minimum absolute atomic E-state index is 0.0143. The van der Waals surface area contributed by atoms with Crippen molar-refractivity contribution >= 4 is 23.4 Å². The molecule has 130 valence electrons. The lowest BCUT2D eigenvalue weighted by molar-refractivity contribution is -0.113. The number of anilines is 1. The number of amides is 1. The summed E-state index contributed by atoms with van der Waals surface area (Å²) < 4.78 is 28.4. The Morgan fingerprint density at radius 3 is 2.64 bits per heavy atom. The molecule has 1 heterocycles. The number of nitrogens with zero attached hydrogens (tertiary/aromatic N) is 2. The number of carbonyl (C=O) groups is 1. The number of aryl methyl sites for hydroxylation is 2. The van der Waals surface area contributed by atoms with Crippen molar-refractivity contribution in [2.75, 3.05) is 11.1 Å². The number of carbonyl (C=O) groups excluding carboxylic acids is 1.